The van der Waals surface area contributed by atoms with Gasteiger partial charge in [0, 0.05) is 32.2 Å². The van der Waals surface area contributed by atoms with Gasteiger partial charge in [0.1, 0.15) is 5.75 Å². The van der Waals surface area contributed by atoms with Gasteiger partial charge in [-0.15, -0.1) is 12.4 Å². The maximum atomic E-state index is 12.2. The van der Waals surface area contributed by atoms with E-state index in [1.54, 1.807) is 12.1 Å². The summed E-state index contributed by atoms with van der Waals surface area (Å²) in [4.78, 5) is 2.48. The fourth-order valence-electron chi connectivity index (χ4n) is 2.82. The Kier molecular flexibility index (Phi) is 8.68. The van der Waals surface area contributed by atoms with Gasteiger partial charge in [-0.2, -0.15) is 8.78 Å². The summed E-state index contributed by atoms with van der Waals surface area (Å²) in [5, 5.41) is 3.36. The van der Waals surface area contributed by atoms with Gasteiger partial charge in [0.05, 0.1) is 0 Å². The zero-order valence-electron chi connectivity index (χ0n) is 12.9. The van der Waals surface area contributed by atoms with E-state index in [1.165, 1.54) is 12.0 Å². The minimum absolute atomic E-state index is 0. The third kappa shape index (κ3) is 5.71. The van der Waals surface area contributed by atoms with Crippen LogP contribution in [0.2, 0.25) is 0 Å². The number of halogens is 3. The number of alkyl halides is 2. The third-order valence-corrected chi connectivity index (χ3v) is 3.91. The summed E-state index contributed by atoms with van der Waals surface area (Å²) in [5.41, 5.74) is 1.19. The molecule has 1 aliphatic rings. The van der Waals surface area contributed by atoms with Crippen molar-refractivity contribution in [3.05, 3.63) is 29.8 Å². The Morgan fingerprint density at radius 2 is 1.82 bits per heavy atom. The lowest BCUT2D eigenvalue weighted by molar-refractivity contribution is -0.0498. The van der Waals surface area contributed by atoms with Crippen molar-refractivity contribution in [2.24, 2.45) is 0 Å². The Labute approximate surface area is 137 Å². The third-order valence-electron chi connectivity index (χ3n) is 3.91. The number of hydrogen-bond acceptors (Lipinski definition) is 3. The Balaban J connectivity index is 0.00000242. The molecule has 2 rings (SSSR count). The first-order valence-electron chi connectivity index (χ1n) is 7.70. The number of rotatable bonds is 7. The molecule has 1 aliphatic heterocycles. The van der Waals surface area contributed by atoms with Gasteiger partial charge < -0.3 is 10.1 Å². The van der Waals surface area contributed by atoms with Gasteiger partial charge in [-0.1, -0.05) is 31.9 Å². The molecule has 1 atom stereocenters. The molecule has 1 aromatic carbocycles. The second-order valence-corrected chi connectivity index (χ2v) is 5.39. The predicted octanol–water partition coefficient (Wildman–Crippen LogP) is 3.85. The van der Waals surface area contributed by atoms with Crippen LogP contribution in [-0.2, 0) is 0 Å². The molecule has 6 heteroatoms. The van der Waals surface area contributed by atoms with E-state index in [1.807, 2.05) is 12.1 Å². The van der Waals surface area contributed by atoms with Gasteiger partial charge in [0.2, 0.25) is 0 Å². The van der Waals surface area contributed by atoms with Gasteiger partial charge in [-0.05, 0) is 24.1 Å². The Hall–Kier alpha value is -0.910. The van der Waals surface area contributed by atoms with Crippen LogP contribution in [0.1, 0.15) is 37.8 Å². The molecule has 22 heavy (non-hydrogen) atoms. The minimum atomic E-state index is -2.76. The Morgan fingerprint density at radius 3 is 2.36 bits per heavy atom. The molecule has 0 unspecified atom stereocenters. The van der Waals surface area contributed by atoms with Crippen molar-refractivity contribution in [1.29, 1.82) is 0 Å². The maximum Gasteiger partial charge on any atom is 0.387 e. The number of hydrogen-bond donors (Lipinski definition) is 1. The van der Waals surface area contributed by atoms with Gasteiger partial charge in [-0.3, -0.25) is 4.90 Å². The summed E-state index contributed by atoms with van der Waals surface area (Å²) in [6.07, 6.45) is 3.44. The van der Waals surface area contributed by atoms with Crippen LogP contribution in [0.5, 0.6) is 5.75 Å². The maximum absolute atomic E-state index is 12.2. The molecule has 0 aliphatic carbocycles. The summed E-state index contributed by atoms with van der Waals surface area (Å²) in [6, 6.07) is 7.48. The fraction of sp³-hybridized carbons (Fsp3) is 0.625. The smallest absolute Gasteiger partial charge is 0.387 e. The first kappa shape index (κ1) is 19.1. The molecule has 1 fully saturated rings. The second-order valence-electron chi connectivity index (χ2n) is 5.39. The van der Waals surface area contributed by atoms with Crippen LogP contribution >= 0.6 is 12.4 Å². The number of unbranched alkanes of at least 4 members (excludes halogenated alkanes) is 1. The highest BCUT2D eigenvalue weighted by Gasteiger charge is 2.21. The van der Waals surface area contributed by atoms with Crippen LogP contribution in [0.3, 0.4) is 0 Å². The van der Waals surface area contributed by atoms with Gasteiger partial charge >= 0.3 is 6.61 Å². The highest BCUT2D eigenvalue weighted by molar-refractivity contribution is 5.85. The number of nitrogens with zero attached hydrogens (tertiary/aromatic N) is 1. The lowest BCUT2D eigenvalue weighted by Crippen LogP contribution is -2.45. The zero-order chi connectivity index (χ0) is 15.1. The highest BCUT2D eigenvalue weighted by atomic mass is 35.5. The lowest BCUT2D eigenvalue weighted by atomic mass is 9.98. The van der Waals surface area contributed by atoms with Crippen molar-refractivity contribution >= 4 is 12.4 Å². The Morgan fingerprint density at radius 1 is 1.18 bits per heavy atom. The summed E-state index contributed by atoms with van der Waals surface area (Å²) in [6.45, 7) is 3.51. The molecule has 126 valence electrons. The first-order valence-corrected chi connectivity index (χ1v) is 7.70. The number of piperazine rings is 1. The molecule has 1 N–H and O–H groups in total. The molecular formula is C16H25ClF2N2O. The normalized spacial score (nSPS) is 17.1. The fourth-order valence-corrected chi connectivity index (χ4v) is 2.82. The molecular weight excluding hydrogens is 310 g/mol. The van der Waals surface area contributed by atoms with Crippen molar-refractivity contribution in [3.8, 4) is 5.75 Å². The average molecular weight is 335 g/mol. The molecule has 0 spiro atoms. The second kappa shape index (κ2) is 9.98. The molecule has 0 saturated carbocycles. The summed E-state index contributed by atoms with van der Waals surface area (Å²) in [7, 11) is 0. The van der Waals surface area contributed by atoms with Crippen LogP contribution in [0.4, 0.5) is 8.78 Å². The van der Waals surface area contributed by atoms with E-state index in [0.717, 1.165) is 39.0 Å². The van der Waals surface area contributed by atoms with Crippen LogP contribution in [0, 0.1) is 0 Å². The minimum Gasteiger partial charge on any atom is -0.435 e. The Bertz CT molecular complexity index is 411. The van der Waals surface area contributed by atoms with E-state index in [0.29, 0.717) is 6.04 Å². The molecule has 0 aromatic heterocycles. The number of ether oxygens (including phenoxy) is 1. The standard InChI is InChI=1S/C16H24F2N2O.ClH/c1-2-3-4-15(20-11-9-19-10-12-20)13-5-7-14(8-6-13)21-16(17)18;/h5-8,15-16,19H,2-4,9-12H2,1H3;1H/t15-;/m1./s1. The summed E-state index contributed by atoms with van der Waals surface area (Å²) in [5.74, 6) is 0.225. The quantitative estimate of drug-likeness (QED) is 0.819. The average Bonchev–Trinajstić information content (AvgIpc) is 2.50. The van der Waals surface area contributed by atoms with Gasteiger partial charge in [0.25, 0.3) is 0 Å². The van der Waals surface area contributed by atoms with Crippen molar-refractivity contribution in [3.63, 3.8) is 0 Å². The van der Waals surface area contributed by atoms with E-state index in [2.05, 4.69) is 21.9 Å². The van der Waals surface area contributed by atoms with Crippen LogP contribution in [0.15, 0.2) is 24.3 Å². The van der Waals surface area contributed by atoms with E-state index >= 15 is 0 Å². The lowest BCUT2D eigenvalue weighted by Gasteiger charge is -2.35. The van der Waals surface area contributed by atoms with Gasteiger partial charge in [-0.25, -0.2) is 0 Å². The SMILES string of the molecule is CCCC[C@H](c1ccc(OC(F)F)cc1)N1CCNCC1.Cl. The van der Waals surface area contributed by atoms with Crippen molar-refractivity contribution in [2.75, 3.05) is 26.2 Å². The van der Waals surface area contributed by atoms with E-state index in [9.17, 15) is 8.78 Å². The summed E-state index contributed by atoms with van der Waals surface area (Å²) >= 11 is 0. The molecule has 1 aromatic rings. The van der Waals surface area contributed by atoms with Crippen molar-refractivity contribution in [2.45, 2.75) is 38.8 Å². The molecule has 0 amide bonds. The monoisotopic (exact) mass is 334 g/mol. The highest BCUT2D eigenvalue weighted by Crippen LogP contribution is 2.28. The van der Waals surface area contributed by atoms with Crippen LogP contribution in [0.25, 0.3) is 0 Å². The molecule has 1 heterocycles. The zero-order valence-corrected chi connectivity index (χ0v) is 13.7. The van der Waals surface area contributed by atoms with E-state index in [4.69, 9.17) is 0 Å². The molecule has 3 nitrogen and oxygen atoms in total. The molecule has 0 bridgehead atoms. The molecule has 0 radical (unpaired) electrons. The van der Waals surface area contributed by atoms with Crippen molar-refractivity contribution in [1.82, 2.24) is 10.2 Å². The van der Waals surface area contributed by atoms with Crippen molar-refractivity contribution < 1.29 is 13.5 Å². The largest absolute Gasteiger partial charge is 0.435 e. The van der Waals surface area contributed by atoms with Gasteiger partial charge in [0.15, 0.2) is 0 Å². The topological polar surface area (TPSA) is 24.5 Å². The first-order chi connectivity index (χ1) is 10.2. The van der Waals surface area contributed by atoms with Crippen LogP contribution < -0.4 is 10.1 Å². The number of nitrogens with one attached hydrogen (secondary N) is 1. The molecule has 1 saturated heterocycles. The van der Waals surface area contributed by atoms with Crippen LogP contribution in [-0.4, -0.2) is 37.7 Å². The van der Waals surface area contributed by atoms with E-state index in [-0.39, 0.29) is 18.2 Å². The van der Waals surface area contributed by atoms with E-state index < -0.39 is 6.61 Å². The predicted molar refractivity (Wildman–Crippen MR) is 87.0 cm³/mol. The number of benzene rings is 1. The summed E-state index contributed by atoms with van der Waals surface area (Å²) < 4.78 is 28.8.